The fourth-order valence-electron chi connectivity index (χ4n) is 1.16. The van der Waals surface area contributed by atoms with Crippen molar-refractivity contribution in [1.82, 2.24) is 9.97 Å². The van der Waals surface area contributed by atoms with Crippen LogP contribution in [0.5, 0.6) is 5.75 Å². The van der Waals surface area contributed by atoms with E-state index in [0.717, 1.165) is 11.3 Å². The summed E-state index contributed by atoms with van der Waals surface area (Å²) in [6, 6.07) is 4.95. The highest BCUT2D eigenvalue weighted by Gasteiger charge is 2.01. The Bertz CT molecular complexity index is 442. The monoisotopic (exact) mass is 187 g/mol. The van der Waals surface area contributed by atoms with Crippen LogP contribution in [0.15, 0.2) is 36.8 Å². The lowest BCUT2D eigenvalue weighted by Crippen LogP contribution is -1.88. The molecule has 1 heterocycles. The second-order valence-electron chi connectivity index (χ2n) is 2.86. The van der Waals surface area contributed by atoms with Crippen LogP contribution in [0.1, 0.15) is 0 Å². The first kappa shape index (κ1) is 8.50. The van der Waals surface area contributed by atoms with Crippen LogP contribution in [0.2, 0.25) is 0 Å². The number of hydrogen-bond donors (Lipinski definition) is 2. The summed E-state index contributed by atoms with van der Waals surface area (Å²) in [7, 11) is 0. The van der Waals surface area contributed by atoms with Crippen molar-refractivity contribution in [2.75, 3.05) is 5.73 Å². The van der Waals surface area contributed by atoms with Crippen LogP contribution in [0, 0.1) is 0 Å². The summed E-state index contributed by atoms with van der Waals surface area (Å²) in [4.78, 5) is 8.07. The van der Waals surface area contributed by atoms with Crippen molar-refractivity contribution in [2.24, 2.45) is 0 Å². The van der Waals surface area contributed by atoms with E-state index < -0.39 is 0 Å². The molecule has 2 aromatic rings. The van der Waals surface area contributed by atoms with E-state index >= 15 is 0 Å². The largest absolute Gasteiger partial charge is 0.506 e. The topological polar surface area (TPSA) is 72.0 Å². The first-order valence-corrected chi connectivity index (χ1v) is 4.12. The zero-order chi connectivity index (χ0) is 9.97. The number of anilines is 1. The van der Waals surface area contributed by atoms with Crippen molar-refractivity contribution in [2.45, 2.75) is 0 Å². The molecule has 4 nitrogen and oxygen atoms in total. The van der Waals surface area contributed by atoms with Gasteiger partial charge in [0, 0.05) is 18.0 Å². The zero-order valence-corrected chi connectivity index (χ0v) is 7.38. The summed E-state index contributed by atoms with van der Waals surface area (Å²) >= 11 is 0. The molecule has 1 aromatic carbocycles. The van der Waals surface area contributed by atoms with Gasteiger partial charge in [0.2, 0.25) is 0 Å². The highest BCUT2D eigenvalue weighted by molar-refractivity contribution is 5.67. The Morgan fingerprint density at radius 2 is 2.07 bits per heavy atom. The summed E-state index contributed by atoms with van der Waals surface area (Å²) in [5, 5.41) is 9.23. The summed E-state index contributed by atoms with van der Waals surface area (Å²) in [6.07, 6.45) is 4.86. The number of benzene rings is 1. The highest BCUT2D eigenvalue weighted by atomic mass is 16.3. The van der Waals surface area contributed by atoms with Crippen molar-refractivity contribution >= 4 is 5.69 Å². The fourth-order valence-corrected chi connectivity index (χ4v) is 1.16. The van der Waals surface area contributed by atoms with Gasteiger partial charge in [-0.3, -0.25) is 9.97 Å². The smallest absolute Gasteiger partial charge is 0.138 e. The second-order valence-corrected chi connectivity index (χ2v) is 2.86. The number of nitrogens with two attached hydrogens (primary N) is 1. The van der Waals surface area contributed by atoms with Gasteiger partial charge < -0.3 is 10.8 Å². The van der Waals surface area contributed by atoms with Crippen LogP contribution in [-0.4, -0.2) is 15.1 Å². The van der Waals surface area contributed by atoms with Gasteiger partial charge in [0.15, 0.2) is 0 Å². The molecule has 70 valence electrons. The molecule has 0 spiro atoms. The van der Waals surface area contributed by atoms with Gasteiger partial charge in [-0.25, -0.2) is 0 Å². The van der Waals surface area contributed by atoms with Gasteiger partial charge in [-0.1, -0.05) is 0 Å². The molecule has 0 aliphatic rings. The van der Waals surface area contributed by atoms with Gasteiger partial charge >= 0.3 is 0 Å². The van der Waals surface area contributed by atoms with Crippen molar-refractivity contribution < 1.29 is 5.11 Å². The maximum atomic E-state index is 9.23. The predicted octanol–water partition coefficient (Wildman–Crippen LogP) is 1.43. The molecule has 0 saturated heterocycles. The Morgan fingerprint density at radius 3 is 2.71 bits per heavy atom. The van der Waals surface area contributed by atoms with E-state index in [1.54, 1.807) is 36.8 Å². The van der Waals surface area contributed by atoms with E-state index in [1.807, 2.05) is 0 Å². The van der Waals surface area contributed by atoms with E-state index in [1.165, 1.54) is 0 Å². The van der Waals surface area contributed by atoms with E-state index in [0.29, 0.717) is 5.69 Å². The van der Waals surface area contributed by atoms with Crippen LogP contribution in [0.4, 0.5) is 5.69 Å². The maximum Gasteiger partial charge on any atom is 0.138 e. The number of nitrogens with zero attached hydrogens (tertiary/aromatic N) is 2. The normalized spacial score (nSPS) is 10.0. The van der Waals surface area contributed by atoms with Crippen molar-refractivity contribution in [3.05, 3.63) is 36.8 Å². The Kier molecular flexibility index (Phi) is 2.02. The van der Waals surface area contributed by atoms with Crippen LogP contribution in [0.3, 0.4) is 0 Å². The second kappa shape index (κ2) is 3.33. The van der Waals surface area contributed by atoms with Crippen molar-refractivity contribution in [3.8, 4) is 17.0 Å². The van der Waals surface area contributed by atoms with Crippen LogP contribution in [0.25, 0.3) is 11.3 Å². The number of phenolic OH excluding ortho intramolecular Hbond substituents is 1. The van der Waals surface area contributed by atoms with Gasteiger partial charge in [0.1, 0.15) is 5.75 Å². The third kappa shape index (κ3) is 1.50. The third-order valence-corrected chi connectivity index (χ3v) is 1.89. The molecule has 0 unspecified atom stereocenters. The van der Waals surface area contributed by atoms with Gasteiger partial charge in [0.25, 0.3) is 0 Å². The Hall–Kier alpha value is -2.10. The average molecular weight is 187 g/mol. The van der Waals surface area contributed by atoms with Gasteiger partial charge in [-0.2, -0.15) is 0 Å². The van der Waals surface area contributed by atoms with Crippen LogP contribution < -0.4 is 5.73 Å². The van der Waals surface area contributed by atoms with Gasteiger partial charge in [-0.05, 0) is 18.2 Å². The highest BCUT2D eigenvalue weighted by Crippen LogP contribution is 2.25. The van der Waals surface area contributed by atoms with E-state index in [9.17, 15) is 5.11 Å². The van der Waals surface area contributed by atoms with Gasteiger partial charge in [0.05, 0.1) is 17.6 Å². The number of nitrogen functional groups attached to an aromatic ring is 1. The molecule has 4 heteroatoms. The molecule has 0 fully saturated rings. The first-order valence-electron chi connectivity index (χ1n) is 4.12. The SMILES string of the molecule is Nc1cc(-c2cnccn2)ccc1O. The summed E-state index contributed by atoms with van der Waals surface area (Å²) in [5.74, 6) is 0.0811. The van der Waals surface area contributed by atoms with Crippen LogP contribution in [-0.2, 0) is 0 Å². The lowest BCUT2D eigenvalue weighted by molar-refractivity contribution is 0.478. The standard InChI is InChI=1S/C10H9N3O/c11-8-5-7(1-2-10(8)14)9-6-12-3-4-13-9/h1-6,14H,11H2. The number of hydrogen-bond acceptors (Lipinski definition) is 4. The number of aromatic hydroxyl groups is 1. The molecule has 0 atom stereocenters. The Balaban J connectivity index is 2.48. The van der Waals surface area contributed by atoms with Crippen molar-refractivity contribution in [1.29, 1.82) is 0 Å². The van der Waals surface area contributed by atoms with Gasteiger partial charge in [-0.15, -0.1) is 0 Å². The first-order chi connectivity index (χ1) is 6.77. The van der Waals surface area contributed by atoms with E-state index in [4.69, 9.17) is 5.73 Å². The Labute approximate surface area is 81.1 Å². The molecule has 14 heavy (non-hydrogen) atoms. The van der Waals surface area contributed by atoms with E-state index in [-0.39, 0.29) is 5.75 Å². The third-order valence-electron chi connectivity index (χ3n) is 1.89. The lowest BCUT2D eigenvalue weighted by Gasteiger charge is -2.02. The zero-order valence-electron chi connectivity index (χ0n) is 7.38. The minimum atomic E-state index is 0.0811. The molecule has 0 aliphatic carbocycles. The summed E-state index contributed by atoms with van der Waals surface area (Å²) in [5.41, 5.74) is 7.48. The molecule has 3 N–H and O–H groups in total. The molecular formula is C10H9N3O. The number of phenols is 1. The van der Waals surface area contributed by atoms with E-state index in [2.05, 4.69) is 9.97 Å². The fraction of sp³-hybridized carbons (Fsp3) is 0. The van der Waals surface area contributed by atoms with Crippen LogP contribution >= 0.6 is 0 Å². The minimum absolute atomic E-state index is 0.0811. The molecule has 0 radical (unpaired) electrons. The summed E-state index contributed by atoms with van der Waals surface area (Å²) in [6.45, 7) is 0. The minimum Gasteiger partial charge on any atom is -0.506 e. The van der Waals surface area contributed by atoms with Crippen molar-refractivity contribution in [3.63, 3.8) is 0 Å². The maximum absolute atomic E-state index is 9.23. The molecule has 0 amide bonds. The number of rotatable bonds is 1. The lowest BCUT2D eigenvalue weighted by atomic mass is 10.1. The molecule has 2 rings (SSSR count). The summed E-state index contributed by atoms with van der Waals surface area (Å²) < 4.78 is 0. The molecule has 0 bridgehead atoms. The molecule has 0 saturated carbocycles. The molecular weight excluding hydrogens is 178 g/mol. The molecule has 0 aliphatic heterocycles. The quantitative estimate of drug-likeness (QED) is 0.523. The number of aromatic nitrogens is 2. The molecule has 1 aromatic heterocycles. The Morgan fingerprint density at radius 1 is 1.21 bits per heavy atom. The predicted molar refractivity (Wildman–Crippen MR) is 53.5 cm³/mol. The average Bonchev–Trinajstić information content (AvgIpc) is 2.23.